The van der Waals surface area contributed by atoms with Crippen molar-refractivity contribution >= 4 is 5.82 Å². The van der Waals surface area contributed by atoms with E-state index in [4.69, 9.17) is 4.74 Å². The van der Waals surface area contributed by atoms with Crippen molar-refractivity contribution in [3.8, 4) is 5.88 Å². The molecule has 1 aromatic heterocycles. The van der Waals surface area contributed by atoms with E-state index in [0.29, 0.717) is 5.88 Å². The largest absolute Gasteiger partial charge is 0.477 e. The minimum absolute atomic E-state index is 0.707. The minimum Gasteiger partial charge on any atom is -0.477 e. The molecule has 1 aromatic rings. The smallest absolute Gasteiger partial charge is 0.221 e. The standard InChI is InChI=1S/C13H23N3O/c1-5-6-7-8-9-17-13-10(2)12(14-4)15-11(3)16-13/h5-9H2,1-4H3,(H,14,15,16). The van der Waals surface area contributed by atoms with Gasteiger partial charge in [0.15, 0.2) is 0 Å². The van der Waals surface area contributed by atoms with Crippen molar-refractivity contribution in [3.63, 3.8) is 0 Å². The van der Waals surface area contributed by atoms with Gasteiger partial charge in [0.25, 0.3) is 0 Å². The van der Waals surface area contributed by atoms with Gasteiger partial charge in [-0.3, -0.25) is 0 Å². The van der Waals surface area contributed by atoms with Gasteiger partial charge in [-0.05, 0) is 20.3 Å². The van der Waals surface area contributed by atoms with Crippen LogP contribution in [0.15, 0.2) is 0 Å². The first-order valence-electron chi connectivity index (χ1n) is 6.34. The highest BCUT2D eigenvalue weighted by atomic mass is 16.5. The van der Waals surface area contributed by atoms with Crippen LogP contribution >= 0.6 is 0 Å². The second kappa shape index (κ2) is 7.09. The van der Waals surface area contributed by atoms with Crippen LogP contribution in [-0.2, 0) is 0 Å². The third kappa shape index (κ3) is 4.21. The summed E-state index contributed by atoms with van der Waals surface area (Å²) < 4.78 is 5.72. The summed E-state index contributed by atoms with van der Waals surface area (Å²) in [6.07, 6.45) is 4.83. The molecule has 0 aliphatic heterocycles. The normalized spacial score (nSPS) is 10.4. The van der Waals surface area contributed by atoms with Gasteiger partial charge in [0.1, 0.15) is 11.6 Å². The summed E-state index contributed by atoms with van der Waals surface area (Å²) >= 11 is 0. The highest BCUT2D eigenvalue weighted by Crippen LogP contribution is 2.21. The number of hydrogen-bond acceptors (Lipinski definition) is 4. The molecule has 0 radical (unpaired) electrons. The molecule has 0 bridgehead atoms. The van der Waals surface area contributed by atoms with Gasteiger partial charge in [-0.1, -0.05) is 26.2 Å². The molecule has 0 fully saturated rings. The zero-order valence-electron chi connectivity index (χ0n) is 11.3. The molecule has 1 N–H and O–H groups in total. The fourth-order valence-corrected chi connectivity index (χ4v) is 1.68. The second-order valence-electron chi connectivity index (χ2n) is 4.21. The maximum atomic E-state index is 5.72. The predicted octanol–water partition coefficient (Wildman–Crippen LogP) is 3.09. The summed E-state index contributed by atoms with van der Waals surface area (Å²) in [5.41, 5.74) is 0.980. The van der Waals surface area contributed by atoms with E-state index >= 15 is 0 Å². The predicted molar refractivity (Wildman–Crippen MR) is 70.7 cm³/mol. The van der Waals surface area contributed by atoms with Crippen LogP contribution in [0.3, 0.4) is 0 Å². The fourth-order valence-electron chi connectivity index (χ4n) is 1.68. The third-order valence-electron chi connectivity index (χ3n) is 2.69. The molecule has 1 heterocycles. The average Bonchev–Trinajstić information content (AvgIpc) is 2.32. The van der Waals surface area contributed by atoms with Crippen molar-refractivity contribution in [1.82, 2.24) is 9.97 Å². The molecule has 1 rings (SSSR count). The van der Waals surface area contributed by atoms with Crippen molar-refractivity contribution in [3.05, 3.63) is 11.4 Å². The van der Waals surface area contributed by atoms with Gasteiger partial charge >= 0.3 is 0 Å². The average molecular weight is 237 g/mol. The number of rotatable bonds is 7. The molecule has 0 aromatic carbocycles. The summed E-state index contributed by atoms with van der Waals surface area (Å²) in [6.45, 7) is 6.80. The molecule has 0 atom stereocenters. The number of ether oxygens (including phenoxy) is 1. The Bertz CT molecular complexity index is 353. The van der Waals surface area contributed by atoms with E-state index < -0.39 is 0 Å². The Labute approximate surface area is 104 Å². The number of nitrogens with zero attached hydrogens (tertiary/aromatic N) is 2. The van der Waals surface area contributed by atoms with Crippen LogP contribution in [0.1, 0.15) is 44.0 Å². The van der Waals surface area contributed by atoms with Gasteiger partial charge in [-0.25, -0.2) is 4.98 Å². The Kier molecular flexibility index (Phi) is 5.73. The van der Waals surface area contributed by atoms with E-state index in [9.17, 15) is 0 Å². The lowest BCUT2D eigenvalue weighted by atomic mass is 10.2. The molecule has 0 unspecified atom stereocenters. The quantitative estimate of drug-likeness (QED) is 0.740. The molecule has 0 saturated heterocycles. The van der Waals surface area contributed by atoms with Crippen molar-refractivity contribution in [1.29, 1.82) is 0 Å². The summed E-state index contributed by atoms with van der Waals surface area (Å²) in [7, 11) is 1.86. The molecule has 96 valence electrons. The highest BCUT2D eigenvalue weighted by Gasteiger charge is 2.08. The lowest BCUT2D eigenvalue weighted by molar-refractivity contribution is 0.291. The van der Waals surface area contributed by atoms with E-state index in [1.165, 1.54) is 19.3 Å². The Morgan fingerprint density at radius 3 is 2.53 bits per heavy atom. The van der Waals surface area contributed by atoms with Crippen LogP contribution in [0.25, 0.3) is 0 Å². The Morgan fingerprint density at radius 2 is 1.88 bits per heavy atom. The first kappa shape index (κ1) is 13.7. The van der Waals surface area contributed by atoms with Crippen molar-refractivity contribution in [2.75, 3.05) is 19.0 Å². The molecule has 0 aliphatic carbocycles. The molecule has 0 aliphatic rings. The summed E-state index contributed by atoms with van der Waals surface area (Å²) in [5.74, 6) is 2.29. The number of hydrogen-bond donors (Lipinski definition) is 1. The first-order chi connectivity index (χ1) is 8.19. The monoisotopic (exact) mass is 237 g/mol. The summed E-state index contributed by atoms with van der Waals surface area (Å²) in [6, 6.07) is 0. The van der Waals surface area contributed by atoms with E-state index in [1.54, 1.807) is 0 Å². The number of nitrogens with one attached hydrogen (secondary N) is 1. The first-order valence-corrected chi connectivity index (χ1v) is 6.34. The van der Waals surface area contributed by atoms with E-state index in [-0.39, 0.29) is 0 Å². The zero-order valence-corrected chi connectivity index (χ0v) is 11.3. The van der Waals surface area contributed by atoms with Crippen LogP contribution in [0, 0.1) is 13.8 Å². The van der Waals surface area contributed by atoms with Crippen LogP contribution < -0.4 is 10.1 Å². The molecule has 0 saturated carbocycles. The lowest BCUT2D eigenvalue weighted by Gasteiger charge is -2.11. The van der Waals surface area contributed by atoms with Gasteiger partial charge < -0.3 is 10.1 Å². The van der Waals surface area contributed by atoms with Crippen LogP contribution in [0.2, 0.25) is 0 Å². The van der Waals surface area contributed by atoms with Gasteiger partial charge in [0.2, 0.25) is 5.88 Å². The highest BCUT2D eigenvalue weighted by molar-refractivity contribution is 5.47. The van der Waals surface area contributed by atoms with Crippen LogP contribution in [-0.4, -0.2) is 23.6 Å². The molecule has 4 heteroatoms. The van der Waals surface area contributed by atoms with Crippen LogP contribution in [0.4, 0.5) is 5.82 Å². The maximum Gasteiger partial charge on any atom is 0.221 e. The summed E-state index contributed by atoms with van der Waals surface area (Å²) in [5, 5.41) is 3.06. The second-order valence-corrected chi connectivity index (χ2v) is 4.21. The van der Waals surface area contributed by atoms with Crippen LogP contribution in [0.5, 0.6) is 5.88 Å². The molecular formula is C13H23N3O. The maximum absolute atomic E-state index is 5.72. The topological polar surface area (TPSA) is 47.0 Å². The van der Waals surface area contributed by atoms with Crippen molar-refractivity contribution < 1.29 is 4.74 Å². The number of aryl methyl sites for hydroxylation is 1. The lowest BCUT2D eigenvalue weighted by Crippen LogP contribution is -2.06. The number of unbranched alkanes of at least 4 members (excludes halogenated alkanes) is 3. The molecule has 0 spiro atoms. The third-order valence-corrected chi connectivity index (χ3v) is 2.69. The number of anilines is 1. The minimum atomic E-state index is 0.707. The Balaban J connectivity index is 2.55. The van der Waals surface area contributed by atoms with E-state index in [1.807, 2.05) is 20.9 Å². The molecule has 4 nitrogen and oxygen atoms in total. The van der Waals surface area contributed by atoms with Gasteiger partial charge in [0, 0.05) is 7.05 Å². The molecule has 0 amide bonds. The zero-order chi connectivity index (χ0) is 12.7. The van der Waals surface area contributed by atoms with Crippen molar-refractivity contribution in [2.45, 2.75) is 46.5 Å². The Morgan fingerprint density at radius 1 is 1.12 bits per heavy atom. The van der Waals surface area contributed by atoms with Gasteiger partial charge in [-0.15, -0.1) is 0 Å². The van der Waals surface area contributed by atoms with Crippen molar-refractivity contribution in [2.24, 2.45) is 0 Å². The van der Waals surface area contributed by atoms with Gasteiger partial charge in [-0.2, -0.15) is 4.98 Å². The fraction of sp³-hybridized carbons (Fsp3) is 0.692. The molecular weight excluding hydrogens is 214 g/mol. The Hall–Kier alpha value is -1.32. The SMILES string of the molecule is CCCCCCOc1nc(C)nc(NC)c1C. The summed E-state index contributed by atoms with van der Waals surface area (Å²) in [4.78, 5) is 8.63. The van der Waals surface area contributed by atoms with Gasteiger partial charge in [0.05, 0.1) is 12.2 Å². The molecule has 17 heavy (non-hydrogen) atoms. The number of aromatic nitrogens is 2. The van der Waals surface area contributed by atoms with E-state index in [0.717, 1.165) is 30.2 Å². The van der Waals surface area contributed by atoms with E-state index in [2.05, 4.69) is 22.2 Å².